The highest BCUT2D eigenvalue weighted by atomic mass is 19.4. The molecular formula is C12H21F3O8. The molecule has 0 heterocycles. The molecule has 0 aliphatic carbocycles. The molecule has 0 fully saturated rings. The number of alkyl halides is 3. The van der Waals surface area contributed by atoms with E-state index in [-0.39, 0.29) is 19.2 Å². The standard InChI is InChI=1S/C7H14O3.C3H6O3.C2HF3O2/c1-7(2,3)10-6(8)5-9-4;1-6-2-3(4)5;3-2(4,5)1(6)7/h5H2,1-4H3;2H2,1H3,(H,4,5);(H,6,7). The summed E-state index contributed by atoms with van der Waals surface area (Å²) in [6.45, 7) is 5.28. The van der Waals surface area contributed by atoms with Crippen LogP contribution in [0.1, 0.15) is 20.8 Å². The average molecular weight is 350 g/mol. The van der Waals surface area contributed by atoms with E-state index in [2.05, 4.69) is 9.47 Å². The maximum absolute atomic E-state index is 10.7. The van der Waals surface area contributed by atoms with Crippen molar-refractivity contribution in [2.45, 2.75) is 32.5 Å². The van der Waals surface area contributed by atoms with Crippen molar-refractivity contribution in [3.8, 4) is 0 Å². The summed E-state index contributed by atoms with van der Waals surface area (Å²) >= 11 is 0. The van der Waals surface area contributed by atoms with E-state index in [4.69, 9.17) is 19.7 Å². The Kier molecular flexibility index (Phi) is 14.3. The Hall–Kier alpha value is -1.88. The first-order valence-electron chi connectivity index (χ1n) is 5.89. The second-order valence-corrected chi connectivity index (χ2v) is 4.65. The van der Waals surface area contributed by atoms with Crippen molar-refractivity contribution in [2.75, 3.05) is 27.4 Å². The van der Waals surface area contributed by atoms with Gasteiger partial charge in [0.2, 0.25) is 0 Å². The van der Waals surface area contributed by atoms with Crippen LogP contribution in [0.15, 0.2) is 0 Å². The van der Waals surface area contributed by atoms with Gasteiger partial charge < -0.3 is 24.4 Å². The summed E-state index contributed by atoms with van der Waals surface area (Å²) in [5, 5.41) is 14.9. The van der Waals surface area contributed by atoms with Crippen LogP contribution in [0.2, 0.25) is 0 Å². The number of carbonyl (C=O) groups is 3. The molecule has 11 heteroatoms. The molecule has 0 saturated heterocycles. The molecule has 0 amide bonds. The Bertz CT molecular complexity index is 360. The minimum atomic E-state index is -5.08. The van der Waals surface area contributed by atoms with Gasteiger partial charge in [-0.15, -0.1) is 0 Å². The number of halogens is 3. The molecule has 138 valence electrons. The predicted octanol–water partition coefficient (Wildman–Crippen LogP) is 1.33. The Balaban J connectivity index is -0.000000272. The zero-order valence-corrected chi connectivity index (χ0v) is 13.4. The van der Waals surface area contributed by atoms with Crippen LogP contribution in [-0.2, 0) is 28.6 Å². The maximum Gasteiger partial charge on any atom is 0.490 e. The van der Waals surface area contributed by atoms with E-state index in [0.717, 1.165) is 0 Å². The number of methoxy groups -OCH3 is 2. The topological polar surface area (TPSA) is 119 Å². The van der Waals surface area contributed by atoms with Crippen LogP contribution in [0.4, 0.5) is 13.2 Å². The van der Waals surface area contributed by atoms with Crippen LogP contribution in [-0.4, -0.2) is 67.3 Å². The molecule has 23 heavy (non-hydrogen) atoms. The smallest absolute Gasteiger partial charge is 0.480 e. The summed E-state index contributed by atoms with van der Waals surface area (Å²) in [6, 6.07) is 0. The monoisotopic (exact) mass is 350 g/mol. The number of hydrogen-bond donors (Lipinski definition) is 2. The third kappa shape index (κ3) is 28.9. The number of ether oxygens (including phenoxy) is 3. The molecule has 0 aromatic carbocycles. The highest BCUT2D eigenvalue weighted by Crippen LogP contribution is 2.13. The summed E-state index contributed by atoms with van der Waals surface area (Å²) in [4.78, 5) is 29.1. The van der Waals surface area contributed by atoms with Gasteiger partial charge in [-0.25, -0.2) is 14.4 Å². The Morgan fingerprint density at radius 1 is 0.913 bits per heavy atom. The van der Waals surface area contributed by atoms with E-state index < -0.39 is 23.7 Å². The van der Waals surface area contributed by atoms with Crippen LogP contribution in [0.3, 0.4) is 0 Å². The summed E-state index contributed by atoms with van der Waals surface area (Å²) in [5.74, 6) is -4.01. The van der Waals surface area contributed by atoms with Crippen molar-refractivity contribution in [3.05, 3.63) is 0 Å². The van der Waals surface area contributed by atoms with E-state index in [9.17, 15) is 22.8 Å². The van der Waals surface area contributed by atoms with E-state index in [1.807, 2.05) is 20.8 Å². The summed E-state index contributed by atoms with van der Waals surface area (Å²) in [6.07, 6.45) is -5.08. The first kappa shape index (κ1) is 26.0. The third-order valence-corrected chi connectivity index (χ3v) is 1.19. The van der Waals surface area contributed by atoms with E-state index >= 15 is 0 Å². The summed E-state index contributed by atoms with van der Waals surface area (Å²) in [5.41, 5.74) is -0.407. The molecule has 0 atom stereocenters. The van der Waals surface area contributed by atoms with Gasteiger partial charge in [0.25, 0.3) is 0 Å². The lowest BCUT2D eigenvalue weighted by Crippen LogP contribution is -2.26. The lowest BCUT2D eigenvalue weighted by molar-refractivity contribution is -0.192. The largest absolute Gasteiger partial charge is 0.490 e. The number of aliphatic carboxylic acids is 2. The molecular weight excluding hydrogens is 329 g/mol. The van der Waals surface area contributed by atoms with E-state index in [1.54, 1.807) is 0 Å². The predicted molar refractivity (Wildman–Crippen MR) is 70.9 cm³/mol. The minimum absolute atomic E-state index is 0.0251. The van der Waals surface area contributed by atoms with E-state index in [0.29, 0.717) is 0 Å². The van der Waals surface area contributed by atoms with Crippen LogP contribution < -0.4 is 0 Å². The fraction of sp³-hybridized carbons (Fsp3) is 0.750. The van der Waals surface area contributed by atoms with Gasteiger partial charge in [-0.2, -0.15) is 13.2 Å². The molecule has 0 spiro atoms. The van der Waals surface area contributed by atoms with Crippen molar-refractivity contribution in [2.24, 2.45) is 0 Å². The van der Waals surface area contributed by atoms with Gasteiger partial charge in [-0.3, -0.25) is 0 Å². The highest BCUT2D eigenvalue weighted by molar-refractivity contribution is 5.73. The minimum Gasteiger partial charge on any atom is -0.480 e. The van der Waals surface area contributed by atoms with Crippen LogP contribution >= 0.6 is 0 Å². The SMILES string of the molecule is COCC(=O)O.COCC(=O)OC(C)(C)C.O=C(O)C(F)(F)F. The molecule has 0 aliphatic heterocycles. The van der Waals surface area contributed by atoms with Crippen molar-refractivity contribution in [1.29, 1.82) is 0 Å². The lowest BCUT2D eigenvalue weighted by Gasteiger charge is -2.18. The van der Waals surface area contributed by atoms with Gasteiger partial charge in [-0.05, 0) is 20.8 Å². The van der Waals surface area contributed by atoms with Crippen molar-refractivity contribution >= 4 is 17.9 Å². The fourth-order valence-corrected chi connectivity index (χ4v) is 0.612. The normalized spacial score (nSPS) is 10.4. The molecule has 0 radical (unpaired) electrons. The first-order chi connectivity index (χ1) is 10.2. The number of hydrogen-bond acceptors (Lipinski definition) is 6. The summed E-state index contributed by atoms with van der Waals surface area (Å²) < 4.78 is 45.4. The lowest BCUT2D eigenvalue weighted by atomic mass is 10.2. The summed E-state index contributed by atoms with van der Waals surface area (Å²) in [7, 11) is 2.80. The zero-order valence-electron chi connectivity index (χ0n) is 13.4. The molecule has 0 rings (SSSR count). The number of carbonyl (C=O) groups excluding carboxylic acids is 1. The van der Waals surface area contributed by atoms with Gasteiger partial charge in [-0.1, -0.05) is 0 Å². The number of esters is 1. The first-order valence-corrected chi connectivity index (χ1v) is 5.89. The second kappa shape index (κ2) is 12.6. The molecule has 2 N–H and O–H groups in total. The van der Waals surface area contributed by atoms with Crippen LogP contribution in [0.25, 0.3) is 0 Å². The molecule has 0 saturated carbocycles. The zero-order chi connectivity index (χ0) is 19.3. The quantitative estimate of drug-likeness (QED) is 0.729. The molecule has 0 aliphatic rings. The Morgan fingerprint density at radius 2 is 1.26 bits per heavy atom. The third-order valence-electron chi connectivity index (χ3n) is 1.19. The van der Waals surface area contributed by atoms with Gasteiger partial charge in [0.15, 0.2) is 0 Å². The molecule has 0 bridgehead atoms. The molecule has 8 nitrogen and oxygen atoms in total. The fourth-order valence-electron chi connectivity index (χ4n) is 0.612. The number of carboxylic acid groups (broad SMARTS) is 2. The second-order valence-electron chi connectivity index (χ2n) is 4.65. The van der Waals surface area contributed by atoms with Gasteiger partial charge in [0.05, 0.1) is 0 Å². The van der Waals surface area contributed by atoms with Crippen molar-refractivity contribution in [1.82, 2.24) is 0 Å². The maximum atomic E-state index is 10.7. The van der Waals surface area contributed by atoms with E-state index in [1.165, 1.54) is 14.2 Å². The average Bonchev–Trinajstić information content (AvgIpc) is 2.26. The Labute approximate surface area is 131 Å². The van der Waals surface area contributed by atoms with Gasteiger partial charge >= 0.3 is 24.1 Å². The molecule has 0 aromatic heterocycles. The molecule has 0 aromatic rings. The van der Waals surface area contributed by atoms with Gasteiger partial charge in [0.1, 0.15) is 18.8 Å². The van der Waals surface area contributed by atoms with Gasteiger partial charge in [0, 0.05) is 14.2 Å². The Morgan fingerprint density at radius 3 is 1.39 bits per heavy atom. The highest BCUT2D eigenvalue weighted by Gasteiger charge is 2.38. The van der Waals surface area contributed by atoms with Crippen LogP contribution in [0.5, 0.6) is 0 Å². The van der Waals surface area contributed by atoms with Crippen LogP contribution in [0, 0.1) is 0 Å². The number of rotatable bonds is 4. The number of carboxylic acids is 2. The van der Waals surface area contributed by atoms with Crippen molar-refractivity contribution < 1.29 is 52.0 Å². The molecule has 0 unspecified atom stereocenters. The van der Waals surface area contributed by atoms with Crippen molar-refractivity contribution in [3.63, 3.8) is 0 Å².